The van der Waals surface area contributed by atoms with E-state index in [1.54, 1.807) is 0 Å². The topological polar surface area (TPSA) is 0 Å². The average Bonchev–Trinajstić information content (AvgIpc) is 2.38. The summed E-state index contributed by atoms with van der Waals surface area (Å²) >= 11 is 0. The van der Waals surface area contributed by atoms with Crippen molar-refractivity contribution in [3.63, 3.8) is 0 Å². The first-order valence-electron chi connectivity index (χ1n) is 7.27. The molecule has 1 aromatic carbocycles. The van der Waals surface area contributed by atoms with Crippen LogP contribution in [0, 0.1) is 5.92 Å². The molecule has 0 aliphatic rings. The second kappa shape index (κ2) is 8.13. The Morgan fingerprint density at radius 3 is 2.30 bits per heavy atom. The maximum absolute atomic E-state index is 12.4. The third-order valence-electron chi connectivity index (χ3n) is 3.39. The van der Waals surface area contributed by atoms with Crippen LogP contribution in [0.4, 0.5) is 13.2 Å². The van der Waals surface area contributed by atoms with Gasteiger partial charge in [0.1, 0.15) is 0 Å². The Balaban J connectivity index is 2.42. The number of rotatable bonds is 7. The first kappa shape index (κ1) is 16.8. The Morgan fingerprint density at radius 2 is 1.75 bits per heavy atom. The molecule has 0 aromatic heterocycles. The Morgan fingerprint density at radius 1 is 1.10 bits per heavy atom. The maximum atomic E-state index is 12.4. The molecule has 3 heteroatoms. The standard InChI is InChI=1S/C17H23F3/c1-3-4-5-7-14(2)8-6-9-15-10-12-16(13-11-15)17(18,19)20/h6,9-14H,3-5,7-8H2,1-2H3/b9-6+. The highest BCUT2D eigenvalue weighted by Crippen LogP contribution is 2.29. The molecular formula is C17H23F3. The smallest absolute Gasteiger partial charge is 0.166 e. The fraction of sp³-hybridized carbons (Fsp3) is 0.529. The summed E-state index contributed by atoms with van der Waals surface area (Å²) in [7, 11) is 0. The highest BCUT2D eigenvalue weighted by molar-refractivity contribution is 5.49. The number of allylic oxidation sites excluding steroid dienone is 1. The van der Waals surface area contributed by atoms with Crippen molar-refractivity contribution in [2.45, 2.75) is 52.1 Å². The summed E-state index contributed by atoms with van der Waals surface area (Å²) < 4.78 is 37.2. The lowest BCUT2D eigenvalue weighted by Crippen LogP contribution is -2.03. The predicted octanol–water partition coefficient (Wildman–Crippen LogP) is 6.33. The van der Waals surface area contributed by atoms with E-state index in [4.69, 9.17) is 0 Å². The first-order valence-corrected chi connectivity index (χ1v) is 7.27. The van der Waals surface area contributed by atoms with Gasteiger partial charge in [-0.3, -0.25) is 0 Å². The van der Waals surface area contributed by atoms with Crippen molar-refractivity contribution >= 4 is 6.08 Å². The average molecular weight is 284 g/mol. The molecule has 20 heavy (non-hydrogen) atoms. The van der Waals surface area contributed by atoms with E-state index in [1.807, 2.05) is 6.08 Å². The molecule has 0 heterocycles. The van der Waals surface area contributed by atoms with Crippen LogP contribution < -0.4 is 0 Å². The van der Waals surface area contributed by atoms with Crippen LogP contribution in [0.25, 0.3) is 6.08 Å². The van der Waals surface area contributed by atoms with Gasteiger partial charge in [0.05, 0.1) is 5.56 Å². The van der Waals surface area contributed by atoms with Crippen LogP contribution in [0.15, 0.2) is 30.3 Å². The molecule has 1 aromatic rings. The van der Waals surface area contributed by atoms with E-state index < -0.39 is 11.7 Å². The molecule has 0 saturated carbocycles. The zero-order chi connectivity index (χ0) is 15.0. The zero-order valence-corrected chi connectivity index (χ0v) is 12.2. The van der Waals surface area contributed by atoms with Gasteiger partial charge in [0.15, 0.2) is 0 Å². The molecule has 0 N–H and O–H groups in total. The Kier molecular flexibility index (Phi) is 6.83. The van der Waals surface area contributed by atoms with Gasteiger partial charge >= 0.3 is 6.18 Å². The van der Waals surface area contributed by atoms with Gasteiger partial charge in [-0.05, 0) is 30.0 Å². The van der Waals surface area contributed by atoms with E-state index in [0.29, 0.717) is 5.92 Å². The molecule has 0 nitrogen and oxygen atoms in total. The van der Waals surface area contributed by atoms with E-state index in [2.05, 4.69) is 19.9 Å². The summed E-state index contributed by atoms with van der Waals surface area (Å²) in [6.07, 6.45) is 5.65. The molecular weight excluding hydrogens is 261 g/mol. The fourth-order valence-electron chi connectivity index (χ4n) is 2.08. The Hall–Kier alpha value is -1.25. The van der Waals surface area contributed by atoms with Gasteiger partial charge in [0.2, 0.25) is 0 Å². The van der Waals surface area contributed by atoms with E-state index in [0.717, 1.165) is 24.1 Å². The number of benzene rings is 1. The van der Waals surface area contributed by atoms with E-state index >= 15 is 0 Å². The second-order valence-electron chi connectivity index (χ2n) is 5.36. The van der Waals surface area contributed by atoms with Crippen molar-refractivity contribution < 1.29 is 13.2 Å². The summed E-state index contributed by atoms with van der Waals surface area (Å²) in [5, 5.41) is 0. The lowest BCUT2D eigenvalue weighted by molar-refractivity contribution is -0.137. The quantitative estimate of drug-likeness (QED) is 0.513. The summed E-state index contributed by atoms with van der Waals surface area (Å²) in [5.41, 5.74) is 0.223. The van der Waals surface area contributed by atoms with Gasteiger partial charge < -0.3 is 0 Å². The molecule has 0 bridgehead atoms. The van der Waals surface area contributed by atoms with Crippen molar-refractivity contribution in [2.75, 3.05) is 0 Å². The minimum atomic E-state index is -4.25. The maximum Gasteiger partial charge on any atom is 0.416 e. The molecule has 1 rings (SSSR count). The summed E-state index contributed by atoms with van der Waals surface area (Å²) in [4.78, 5) is 0. The van der Waals surface area contributed by atoms with E-state index in [9.17, 15) is 13.2 Å². The molecule has 0 saturated heterocycles. The largest absolute Gasteiger partial charge is 0.416 e. The molecule has 0 fully saturated rings. The van der Waals surface area contributed by atoms with Crippen LogP contribution >= 0.6 is 0 Å². The number of alkyl halides is 3. The van der Waals surface area contributed by atoms with Gasteiger partial charge in [0.25, 0.3) is 0 Å². The van der Waals surface area contributed by atoms with Gasteiger partial charge in [-0.15, -0.1) is 0 Å². The SMILES string of the molecule is CCCCCC(C)C/C=C/c1ccc(C(F)(F)F)cc1. The van der Waals surface area contributed by atoms with Crippen LogP contribution in [0.2, 0.25) is 0 Å². The molecule has 0 amide bonds. The van der Waals surface area contributed by atoms with Crippen molar-refractivity contribution in [3.05, 3.63) is 41.5 Å². The minimum Gasteiger partial charge on any atom is -0.166 e. The van der Waals surface area contributed by atoms with Gasteiger partial charge in [-0.2, -0.15) is 13.2 Å². The number of unbranched alkanes of at least 4 members (excludes halogenated alkanes) is 2. The third-order valence-corrected chi connectivity index (χ3v) is 3.39. The van der Waals surface area contributed by atoms with Gasteiger partial charge in [-0.1, -0.05) is 63.8 Å². The van der Waals surface area contributed by atoms with Crippen molar-refractivity contribution in [2.24, 2.45) is 5.92 Å². The van der Waals surface area contributed by atoms with Crippen LogP contribution in [-0.2, 0) is 6.18 Å². The van der Waals surface area contributed by atoms with Crippen LogP contribution in [-0.4, -0.2) is 0 Å². The first-order chi connectivity index (χ1) is 9.43. The zero-order valence-electron chi connectivity index (χ0n) is 12.2. The van der Waals surface area contributed by atoms with Crippen LogP contribution in [0.3, 0.4) is 0 Å². The molecule has 0 radical (unpaired) electrons. The van der Waals surface area contributed by atoms with Gasteiger partial charge in [0, 0.05) is 0 Å². The van der Waals surface area contributed by atoms with Crippen molar-refractivity contribution in [3.8, 4) is 0 Å². The van der Waals surface area contributed by atoms with Crippen molar-refractivity contribution in [1.82, 2.24) is 0 Å². The number of halogens is 3. The number of hydrogen-bond acceptors (Lipinski definition) is 0. The van der Waals surface area contributed by atoms with Crippen LogP contribution in [0.1, 0.15) is 57.1 Å². The predicted molar refractivity (Wildman–Crippen MR) is 78.4 cm³/mol. The van der Waals surface area contributed by atoms with E-state index in [1.165, 1.54) is 37.8 Å². The summed E-state index contributed by atoms with van der Waals surface area (Å²) in [6, 6.07) is 5.29. The van der Waals surface area contributed by atoms with Gasteiger partial charge in [-0.25, -0.2) is 0 Å². The highest BCUT2D eigenvalue weighted by atomic mass is 19.4. The second-order valence-corrected chi connectivity index (χ2v) is 5.36. The normalized spacial score (nSPS) is 13.8. The summed E-state index contributed by atoms with van der Waals surface area (Å²) in [6.45, 7) is 4.40. The Bertz CT molecular complexity index is 401. The molecule has 1 unspecified atom stereocenters. The fourth-order valence-corrected chi connectivity index (χ4v) is 2.08. The molecule has 0 aliphatic carbocycles. The molecule has 1 atom stereocenters. The number of hydrogen-bond donors (Lipinski definition) is 0. The minimum absolute atomic E-state index is 0.595. The van der Waals surface area contributed by atoms with Crippen molar-refractivity contribution in [1.29, 1.82) is 0 Å². The lowest BCUT2D eigenvalue weighted by Gasteiger charge is -2.08. The van der Waals surface area contributed by atoms with Crippen LogP contribution in [0.5, 0.6) is 0 Å². The lowest BCUT2D eigenvalue weighted by atomic mass is 9.99. The molecule has 0 aliphatic heterocycles. The third kappa shape index (κ3) is 6.27. The van der Waals surface area contributed by atoms with E-state index in [-0.39, 0.29) is 0 Å². The monoisotopic (exact) mass is 284 g/mol. The Labute approximate surface area is 119 Å². The highest BCUT2D eigenvalue weighted by Gasteiger charge is 2.29. The molecule has 0 spiro atoms. The summed E-state index contributed by atoms with van der Waals surface area (Å²) in [5.74, 6) is 0.632. The molecule has 112 valence electrons.